The number of halogens is 1. The Morgan fingerprint density at radius 3 is 2.86 bits per heavy atom. The van der Waals surface area contributed by atoms with Crippen molar-refractivity contribution < 1.29 is 14.0 Å². The summed E-state index contributed by atoms with van der Waals surface area (Å²) < 4.78 is 12.8. The lowest BCUT2D eigenvalue weighted by molar-refractivity contribution is -0.126. The topological polar surface area (TPSA) is 37.4 Å². The molecule has 2 rings (SSSR count). The van der Waals surface area contributed by atoms with E-state index in [9.17, 15) is 14.0 Å². The Morgan fingerprint density at radius 1 is 1.50 bits per heavy atom. The average Bonchev–Trinajstić information content (AvgIpc) is 2.44. The summed E-state index contributed by atoms with van der Waals surface area (Å²) in [4.78, 5) is 23.7. The fourth-order valence-corrected chi connectivity index (χ4v) is 1.53. The first-order valence-electron chi connectivity index (χ1n) is 4.20. The van der Waals surface area contributed by atoms with E-state index < -0.39 is 11.7 Å². The monoisotopic (exact) mass is 193 g/mol. The fraction of sp³-hybridized carbons (Fsp3) is 0.200. The van der Waals surface area contributed by atoms with Gasteiger partial charge in [0.25, 0.3) is 5.91 Å². The van der Waals surface area contributed by atoms with E-state index in [1.54, 1.807) is 0 Å². The lowest BCUT2D eigenvalue weighted by Gasteiger charge is -2.08. The second-order valence-corrected chi connectivity index (χ2v) is 3.21. The van der Waals surface area contributed by atoms with Crippen molar-refractivity contribution >= 4 is 11.8 Å². The molecule has 0 saturated carbocycles. The van der Waals surface area contributed by atoms with Gasteiger partial charge in [-0.25, -0.2) is 4.39 Å². The highest BCUT2D eigenvalue weighted by Crippen LogP contribution is 2.23. The zero-order chi connectivity index (χ0) is 10.3. The standard InChI is InChI=1S/C10H8FNO2/c1-6(13)12-5-7-2-3-8(11)4-9(7)10(12)14/h2-4H,5H2,1H3. The number of fused-ring (bicyclic) bond motifs is 1. The number of carbonyl (C=O) groups excluding carboxylic acids is 2. The predicted octanol–water partition coefficient (Wildman–Crippen LogP) is 1.33. The first kappa shape index (κ1) is 8.87. The molecule has 0 aliphatic carbocycles. The highest BCUT2D eigenvalue weighted by molar-refractivity contribution is 6.07. The van der Waals surface area contributed by atoms with Crippen molar-refractivity contribution in [2.75, 3.05) is 0 Å². The van der Waals surface area contributed by atoms with Crippen LogP contribution in [0.3, 0.4) is 0 Å². The smallest absolute Gasteiger partial charge is 0.261 e. The van der Waals surface area contributed by atoms with E-state index in [-0.39, 0.29) is 12.5 Å². The minimum Gasteiger partial charge on any atom is -0.275 e. The van der Waals surface area contributed by atoms with Crippen molar-refractivity contribution in [2.45, 2.75) is 13.5 Å². The minimum absolute atomic E-state index is 0.254. The van der Waals surface area contributed by atoms with Gasteiger partial charge in [0, 0.05) is 12.5 Å². The predicted molar refractivity (Wildman–Crippen MR) is 47.0 cm³/mol. The number of imide groups is 1. The third-order valence-corrected chi connectivity index (χ3v) is 2.26. The maximum Gasteiger partial charge on any atom is 0.261 e. The third kappa shape index (κ3) is 1.19. The molecule has 72 valence electrons. The van der Waals surface area contributed by atoms with Crippen LogP contribution in [0, 0.1) is 5.82 Å². The fourth-order valence-electron chi connectivity index (χ4n) is 1.53. The molecule has 1 aliphatic heterocycles. The van der Waals surface area contributed by atoms with Crippen LogP contribution in [0.25, 0.3) is 0 Å². The van der Waals surface area contributed by atoms with Gasteiger partial charge in [-0.15, -0.1) is 0 Å². The SMILES string of the molecule is CC(=O)N1Cc2ccc(F)cc2C1=O. The average molecular weight is 193 g/mol. The highest BCUT2D eigenvalue weighted by atomic mass is 19.1. The van der Waals surface area contributed by atoms with Gasteiger partial charge in [0.05, 0.1) is 6.54 Å². The van der Waals surface area contributed by atoms with Gasteiger partial charge in [0.2, 0.25) is 5.91 Å². The van der Waals surface area contributed by atoms with E-state index in [0.29, 0.717) is 11.1 Å². The Morgan fingerprint density at radius 2 is 2.21 bits per heavy atom. The zero-order valence-electron chi connectivity index (χ0n) is 7.58. The molecule has 0 unspecified atom stereocenters. The molecule has 1 heterocycles. The molecule has 0 radical (unpaired) electrons. The van der Waals surface area contributed by atoms with Gasteiger partial charge in [0.1, 0.15) is 5.82 Å². The maximum absolute atomic E-state index is 12.8. The van der Waals surface area contributed by atoms with Crippen molar-refractivity contribution in [1.82, 2.24) is 4.90 Å². The largest absolute Gasteiger partial charge is 0.275 e. The summed E-state index contributed by atoms with van der Waals surface area (Å²) in [5.74, 6) is -1.18. The first-order chi connectivity index (χ1) is 6.59. The molecule has 0 spiro atoms. The molecule has 0 fully saturated rings. The summed E-state index contributed by atoms with van der Waals surface area (Å²) in [5.41, 5.74) is 0.992. The van der Waals surface area contributed by atoms with Gasteiger partial charge in [-0.1, -0.05) is 6.07 Å². The number of hydrogen-bond donors (Lipinski definition) is 0. The first-order valence-corrected chi connectivity index (χ1v) is 4.20. The molecule has 0 bridgehead atoms. The summed E-state index contributed by atoms with van der Waals surface area (Å²) in [7, 11) is 0. The van der Waals surface area contributed by atoms with Crippen LogP contribution in [0.2, 0.25) is 0 Å². The molecule has 0 N–H and O–H groups in total. The van der Waals surface area contributed by atoms with Gasteiger partial charge in [0.15, 0.2) is 0 Å². The Hall–Kier alpha value is -1.71. The van der Waals surface area contributed by atoms with Crippen molar-refractivity contribution in [2.24, 2.45) is 0 Å². The van der Waals surface area contributed by atoms with E-state index in [1.165, 1.54) is 25.1 Å². The molecular formula is C10H8FNO2. The van der Waals surface area contributed by atoms with Gasteiger partial charge >= 0.3 is 0 Å². The van der Waals surface area contributed by atoms with Gasteiger partial charge in [-0.05, 0) is 17.7 Å². The van der Waals surface area contributed by atoms with E-state index >= 15 is 0 Å². The Balaban J connectivity index is 2.46. The second kappa shape index (κ2) is 2.90. The normalized spacial score (nSPS) is 14.4. The maximum atomic E-state index is 12.8. The number of carbonyl (C=O) groups is 2. The molecular weight excluding hydrogens is 185 g/mol. The summed E-state index contributed by atoms with van der Waals surface area (Å²) in [6, 6.07) is 3.99. The second-order valence-electron chi connectivity index (χ2n) is 3.21. The van der Waals surface area contributed by atoms with Crippen LogP contribution >= 0.6 is 0 Å². The van der Waals surface area contributed by atoms with E-state index in [1.807, 2.05) is 0 Å². The lowest BCUT2D eigenvalue weighted by Crippen LogP contribution is -2.28. The zero-order valence-corrected chi connectivity index (χ0v) is 7.58. The van der Waals surface area contributed by atoms with E-state index in [2.05, 4.69) is 0 Å². The molecule has 1 aromatic carbocycles. The molecule has 14 heavy (non-hydrogen) atoms. The molecule has 4 heteroatoms. The molecule has 3 nitrogen and oxygen atoms in total. The van der Waals surface area contributed by atoms with Gasteiger partial charge in [-0.3, -0.25) is 14.5 Å². The van der Waals surface area contributed by atoms with Crippen molar-refractivity contribution in [3.63, 3.8) is 0 Å². The number of nitrogens with zero attached hydrogens (tertiary/aromatic N) is 1. The van der Waals surface area contributed by atoms with E-state index in [4.69, 9.17) is 0 Å². The molecule has 1 aliphatic rings. The van der Waals surface area contributed by atoms with Crippen LogP contribution in [-0.4, -0.2) is 16.7 Å². The lowest BCUT2D eigenvalue weighted by atomic mass is 10.1. The summed E-state index contributed by atoms with van der Waals surface area (Å²) in [6.07, 6.45) is 0. The molecule has 2 amide bonds. The summed E-state index contributed by atoms with van der Waals surface area (Å²) in [6.45, 7) is 1.57. The van der Waals surface area contributed by atoms with Crippen LogP contribution in [0.5, 0.6) is 0 Å². The van der Waals surface area contributed by atoms with Gasteiger partial charge < -0.3 is 0 Å². The summed E-state index contributed by atoms with van der Waals surface area (Å²) in [5, 5.41) is 0. The van der Waals surface area contributed by atoms with Crippen LogP contribution in [0.4, 0.5) is 4.39 Å². The molecule has 0 atom stereocenters. The Labute approximate surface area is 80.1 Å². The number of rotatable bonds is 0. The van der Waals surface area contributed by atoms with Crippen molar-refractivity contribution in [3.8, 4) is 0 Å². The molecule has 0 aromatic heterocycles. The van der Waals surface area contributed by atoms with Crippen LogP contribution in [0.1, 0.15) is 22.8 Å². The van der Waals surface area contributed by atoms with Crippen molar-refractivity contribution in [1.29, 1.82) is 0 Å². The van der Waals surface area contributed by atoms with Crippen LogP contribution < -0.4 is 0 Å². The highest BCUT2D eigenvalue weighted by Gasteiger charge is 2.29. The van der Waals surface area contributed by atoms with Crippen molar-refractivity contribution in [3.05, 3.63) is 35.1 Å². The van der Waals surface area contributed by atoms with E-state index in [0.717, 1.165) is 4.90 Å². The number of amides is 2. The van der Waals surface area contributed by atoms with Crippen LogP contribution in [-0.2, 0) is 11.3 Å². The number of benzene rings is 1. The number of hydrogen-bond acceptors (Lipinski definition) is 2. The quantitative estimate of drug-likeness (QED) is 0.623. The summed E-state index contributed by atoms with van der Waals surface area (Å²) >= 11 is 0. The third-order valence-electron chi connectivity index (χ3n) is 2.26. The Bertz CT molecular complexity index is 428. The molecule has 0 saturated heterocycles. The van der Waals surface area contributed by atoms with Crippen LogP contribution in [0.15, 0.2) is 18.2 Å². The molecule has 1 aromatic rings. The minimum atomic E-state index is -0.456. The van der Waals surface area contributed by atoms with Gasteiger partial charge in [-0.2, -0.15) is 0 Å². The Kier molecular flexibility index (Phi) is 1.84.